The fourth-order valence-corrected chi connectivity index (χ4v) is 3.36. The maximum absolute atomic E-state index is 12.6. The van der Waals surface area contributed by atoms with Gasteiger partial charge in [-0.3, -0.25) is 4.79 Å². The van der Waals surface area contributed by atoms with Gasteiger partial charge in [0.25, 0.3) is 5.91 Å². The highest BCUT2D eigenvalue weighted by atomic mass is 32.2. The van der Waals surface area contributed by atoms with E-state index in [1.165, 1.54) is 0 Å². The van der Waals surface area contributed by atoms with Crippen molar-refractivity contribution in [2.45, 2.75) is 25.7 Å². The Bertz CT molecular complexity index is 888. The highest BCUT2D eigenvalue weighted by Gasteiger charge is 2.13. The maximum Gasteiger partial charge on any atom is 0.266 e. The minimum atomic E-state index is -0.421. The van der Waals surface area contributed by atoms with Crippen LogP contribution in [0.15, 0.2) is 40.8 Å². The molecule has 0 unspecified atom stereocenters. The number of rotatable bonds is 5. The van der Waals surface area contributed by atoms with Gasteiger partial charge in [-0.1, -0.05) is 23.8 Å². The monoisotopic (exact) mass is 366 g/mol. The zero-order valence-corrected chi connectivity index (χ0v) is 16.5. The van der Waals surface area contributed by atoms with Crippen molar-refractivity contribution in [3.05, 3.63) is 58.2 Å². The molecule has 0 aliphatic carbocycles. The number of carbonyl (C=O) groups excluding carboxylic acids is 1. The van der Waals surface area contributed by atoms with E-state index in [1.54, 1.807) is 24.9 Å². The van der Waals surface area contributed by atoms with Crippen LogP contribution in [0.1, 0.15) is 22.3 Å². The van der Waals surface area contributed by atoms with Gasteiger partial charge in [0.15, 0.2) is 0 Å². The van der Waals surface area contributed by atoms with E-state index in [-0.39, 0.29) is 5.57 Å². The first-order valence-electron chi connectivity index (χ1n) is 8.12. The van der Waals surface area contributed by atoms with E-state index in [9.17, 15) is 10.1 Å². The second-order valence-electron chi connectivity index (χ2n) is 6.01. The molecule has 0 saturated heterocycles. The molecule has 26 heavy (non-hydrogen) atoms. The van der Waals surface area contributed by atoms with Crippen molar-refractivity contribution in [3.63, 3.8) is 0 Å². The Kier molecular flexibility index (Phi) is 6.48. The summed E-state index contributed by atoms with van der Waals surface area (Å²) in [6.07, 6.45) is 3.54. The summed E-state index contributed by atoms with van der Waals surface area (Å²) in [7, 11) is 1.60. The number of methoxy groups -OCH3 is 1. The lowest BCUT2D eigenvalue weighted by Gasteiger charge is -2.12. The van der Waals surface area contributed by atoms with E-state index in [4.69, 9.17) is 4.74 Å². The maximum atomic E-state index is 12.6. The van der Waals surface area contributed by atoms with Crippen molar-refractivity contribution in [1.29, 1.82) is 5.26 Å². The predicted octanol–water partition coefficient (Wildman–Crippen LogP) is 4.89. The number of ether oxygens (including phenoxy) is 1. The van der Waals surface area contributed by atoms with Crippen LogP contribution in [0, 0.1) is 32.1 Å². The number of benzene rings is 2. The van der Waals surface area contributed by atoms with Crippen molar-refractivity contribution in [2.24, 2.45) is 0 Å². The van der Waals surface area contributed by atoms with Gasteiger partial charge in [0.05, 0.1) is 7.11 Å². The Morgan fingerprint density at radius 2 is 1.85 bits per heavy atom. The van der Waals surface area contributed by atoms with Crippen LogP contribution in [0.2, 0.25) is 0 Å². The molecule has 0 bridgehead atoms. The summed E-state index contributed by atoms with van der Waals surface area (Å²) in [6.45, 7) is 5.90. The molecule has 0 saturated carbocycles. The van der Waals surface area contributed by atoms with Crippen molar-refractivity contribution in [3.8, 4) is 11.8 Å². The quantitative estimate of drug-likeness (QED) is 0.465. The van der Waals surface area contributed by atoms with Gasteiger partial charge in [0.2, 0.25) is 0 Å². The normalized spacial score (nSPS) is 11.0. The lowest BCUT2D eigenvalue weighted by atomic mass is 10.0. The summed E-state index contributed by atoms with van der Waals surface area (Å²) in [6, 6.07) is 11.6. The zero-order valence-electron chi connectivity index (χ0n) is 15.6. The fraction of sp³-hybridized carbons (Fsp3) is 0.238. The molecule has 0 aromatic heterocycles. The number of anilines is 1. The molecule has 0 aliphatic heterocycles. The minimum absolute atomic E-state index is 0.0447. The van der Waals surface area contributed by atoms with Crippen LogP contribution in [-0.2, 0) is 4.79 Å². The highest BCUT2D eigenvalue weighted by Crippen LogP contribution is 2.29. The van der Waals surface area contributed by atoms with Crippen LogP contribution in [-0.4, -0.2) is 19.3 Å². The molecule has 0 fully saturated rings. The van der Waals surface area contributed by atoms with Gasteiger partial charge in [0.1, 0.15) is 17.4 Å². The number of nitriles is 1. The van der Waals surface area contributed by atoms with Crippen LogP contribution in [0.25, 0.3) is 6.08 Å². The summed E-state index contributed by atoms with van der Waals surface area (Å²) in [5.41, 5.74) is 4.61. The predicted molar refractivity (Wildman–Crippen MR) is 108 cm³/mol. The van der Waals surface area contributed by atoms with Crippen LogP contribution in [0.4, 0.5) is 5.69 Å². The Morgan fingerprint density at radius 1 is 1.19 bits per heavy atom. The highest BCUT2D eigenvalue weighted by molar-refractivity contribution is 7.98. The van der Waals surface area contributed by atoms with Gasteiger partial charge in [-0.25, -0.2) is 0 Å². The Labute approximate surface area is 158 Å². The number of carbonyl (C=O) groups is 1. The molecule has 4 nitrogen and oxygen atoms in total. The average Bonchev–Trinajstić information content (AvgIpc) is 2.62. The third-order valence-electron chi connectivity index (χ3n) is 4.00. The van der Waals surface area contributed by atoms with Crippen LogP contribution >= 0.6 is 11.8 Å². The van der Waals surface area contributed by atoms with E-state index in [0.717, 1.165) is 32.8 Å². The smallest absolute Gasteiger partial charge is 0.266 e. The Morgan fingerprint density at radius 3 is 2.38 bits per heavy atom. The third-order valence-corrected chi connectivity index (χ3v) is 4.78. The van der Waals surface area contributed by atoms with E-state index < -0.39 is 5.91 Å². The van der Waals surface area contributed by atoms with E-state index in [1.807, 2.05) is 63.4 Å². The van der Waals surface area contributed by atoms with Crippen molar-refractivity contribution in [1.82, 2.24) is 0 Å². The van der Waals surface area contributed by atoms with Crippen LogP contribution < -0.4 is 10.1 Å². The molecular weight excluding hydrogens is 344 g/mol. The van der Waals surface area contributed by atoms with E-state index >= 15 is 0 Å². The molecule has 1 N–H and O–H groups in total. The van der Waals surface area contributed by atoms with Gasteiger partial charge in [-0.2, -0.15) is 5.26 Å². The number of hydrogen-bond acceptors (Lipinski definition) is 4. The molecule has 0 spiro atoms. The molecule has 0 atom stereocenters. The molecule has 5 heteroatoms. The standard InChI is InChI=1S/C21H22N2O2S/c1-13-8-14(2)20(15(3)9-13)23-21(24)17(12-22)10-16-6-7-19(26-5)18(11-16)25-4/h6-11H,1-5H3,(H,23,24)/b17-10-. The molecule has 2 aromatic rings. The first-order valence-corrected chi connectivity index (χ1v) is 9.35. The lowest BCUT2D eigenvalue weighted by molar-refractivity contribution is -0.112. The molecule has 1 amide bonds. The zero-order chi connectivity index (χ0) is 19.3. The minimum Gasteiger partial charge on any atom is -0.496 e. The average molecular weight is 366 g/mol. The Balaban J connectivity index is 2.32. The number of thioether (sulfide) groups is 1. The summed E-state index contributed by atoms with van der Waals surface area (Å²) < 4.78 is 5.36. The van der Waals surface area contributed by atoms with E-state index in [0.29, 0.717) is 5.75 Å². The van der Waals surface area contributed by atoms with E-state index in [2.05, 4.69) is 5.32 Å². The molecule has 134 valence electrons. The number of nitrogens with one attached hydrogen (secondary N) is 1. The number of nitrogens with zero attached hydrogens (tertiary/aromatic N) is 1. The first-order chi connectivity index (χ1) is 12.4. The van der Waals surface area contributed by atoms with Crippen molar-refractivity contribution >= 4 is 29.4 Å². The number of hydrogen-bond donors (Lipinski definition) is 1. The summed E-state index contributed by atoms with van der Waals surface area (Å²) in [4.78, 5) is 13.6. The molecular formula is C21H22N2O2S. The summed E-state index contributed by atoms with van der Waals surface area (Å²) >= 11 is 1.58. The molecule has 0 aliphatic rings. The topological polar surface area (TPSA) is 62.1 Å². The fourth-order valence-electron chi connectivity index (χ4n) is 2.82. The van der Waals surface area contributed by atoms with Crippen LogP contribution in [0.5, 0.6) is 5.75 Å². The summed E-state index contributed by atoms with van der Waals surface area (Å²) in [5, 5.41) is 12.3. The molecule has 2 aromatic carbocycles. The van der Waals surface area contributed by atoms with Gasteiger partial charge < -0.3 is 10.1 Å². The number of amides is 1. The molecule has 2 rings (SSSR count). The summed E-state index contributed by atoms with van der Waals surface area (Å²) in [5.74, 6) is 0.296. The van der Waals surface area contributed by atoms with Gasteiger partial charge in [-0.05, 0) is 61.9 Å². The SMILES string of the molecule is COc1cc(/C=C(/C#N)C(=O)Nc2c(C)cc(C)cc2C)ccc1SC. The van der Waals surface area contributed by atoms with Gasteiger partial charge >= 0.3 is 0 Å². The van der Waals surface area contributed by atoms with Crippen LogP contribution in [0.3, 0.4) is 0 Å². The first kappa shape index (κ1) is 19.6. The lowest BCUT2D eigenvalue weighted by Crippen LogP contribution is -2.15. The number of aryl methyl sites for hydroxylation is 3. The van der Waals surface area contributed by atoms with Crippen molar-refractivity contribution < 1.29 is 9.53 Å². The van der Waals surface area contributed by atoms with Crippen molar-refractivity contribution in [2.75, 3.05) is 18.7 Å². The molecule has 0 heterocycles. The second kappa shape index (κ2) is 8.59. The second-order valence-corrected chi connectivity index (χ2v) is 6.86. The largest absolute Gasteiger partial charge is 0.496 e. The Hall–Kier alpha value is -2.71. The third kappa shape index (κ3) is 4.47. The van der Waals surface area contributed by atoms with Gasteiger partial charge in [0, 0.05) is 10.6 Å². The molecule has 0 radical (unpaired) electrons. The van der Waals surface area contributed by atoms with Gasteiger partial charge in [-0.15, -0.1) is 11.8 Å².